The van der Waals surface area contributed by atoms with Crippen molar-refractivity contribution in [1.29, 1.82) is 0 Å². The average Bonchev–Trinajstić information content (AvgIpc) is 2.89. The van der Waals surface area contributed by atoms with Crippen LogP contribution in [-0.2, 0) is 10.2 Å². The monoisotopic (exact) mass is 263 g/mol. The summed E-state index contributed by atoms with van der Waals surface area (Å²) in [6.45, 7) is 4.72. The van der Waals surface area contributed by atoms with Gasteiger partial charge in [-0.05, 0) is 17.9 Å². The largest absolute Gasteiger partial charge is 0.389 e. The molecule has 1 aliphatic carbocycles. The fourth-order valence-corrected chi connectivity index (χ4v) is 3.26. The van der Waals surface area contributed by atoms with E-state index in [9.17, 15) is 14.3 Å². The molecule has 19 heavy (non-hydrogen) atoms. The lowest BCUT2D eigenvalue weighted by Crippen LogP contribution is -2.57. The van der Waals surface area contributed by atoms with E-state index in [1.165, 1.54) is 6.07 Å². The van der Waals surface area contributed by atoms with Crippen LogP contribution in [0.2, 0.25) is 0 Å². The van der Waals surface area contributed by atoms with E-state index < -0.39 is 11.5 Å². The van der Waals surface area contributed by atoms with Gasteiger partial charge in [0.05, 0.1) is 11.5 Å². The Labute approximate surface area is 112 Å². The topological polar surface area (TPSA) is 40.5 Å². The number of β-amino-alcohol motifs (C(OH)–C–C–N with tert-alkyl or cyclic N) is 1. The Hall–Kier alpha value is -1.42. The summed E-state index contributed by atoms with van der Waals surface area (Å²) in [6, 6.07) is 6.52. The highest BCUT2D eigenvalue weighted by molar-refractivity contribution is 5.93. The summed E-state index contributed by atoms with van der Waals surface area (Å²) in [4.78, 5) is 14.3. The van der Waals surface area contributed by atoms with Crippen LogP contribution < -0.4 is 0 Å². The van der Waals surface area contributed by atoms with Gasteiger partial charge in [-0.1, -0.05) is 32.0 Å². The number of hydrogen-bond acceptors (Lipinski definition) is 2. The molecular weight excluding hydrogens is 245 g/mol. The quantitative estimate of drug-likeness (QED) is 0.882. The van der Waals surface area contributed by atoms with E-state index in [1.807, 2.05) is 13.8 Å². The number of likely N-dealkylation sites (tertiary alicyclic amines) is 1. The molecule has 0 radical (unpaired) electrons. The molecule has 3 rings (SSSR count). The standard InChI is InChI=1S/C15H18FNO2/c1-14(2)9-15(14,11-5-3-4-6-12(11)16)13(19)17-7-10(18)8-17/h3-6,10,18H,7-9H2,1-2H3/t15-/m1/s1. The molecule has 1 N–H and O–H groups in total. The van der Waals surface area contributed by atoms with E-state index in [-0.39, 0.29) is 17.1 Å². The van der Waals surface area contributed by atoms with Gasteiger partial charge >= 0.3 is 0 Å². The summed E-state index contributed by atoms with van der Waals surface area (Å²) < 4.78 is 14.1. The first kappa shape index (κ1) is 12.6. The molecule has 0 unspecified atom stereocenters. The number of hydrogen-bond donors (Lipinski definition) is 1. The lowest BCUT2D eigenvalue weighted by atomic mass is 9.85. The van der Waals surface area contributed by atoms with Gasteiger partial charge in [-0.2, -0.15) is 0 Å². The van der Waals surface area contributed by atoms with E-state index in [4.69, 9.17) is 0 Å². The van der Waals surface area contributed by atoms with Crippen molar-refractivity contribution in [1.82, 2.24) is 4.90 Å². The van der Waals surface area contributed by atoms with Crippen LogP contribution in [0.5, 0.6) is 0 Å². The predicted octanol–water partition coefficient (Wildman–Crippen LogP) is 1.70. The second kappa shape index (κ2) is 3.79. The molecule has 102 valence electrons. The smallest absolute Gasteiger partial charge is 0.234 e. The van der Waals surface area contributed by atoms with Crippen LogP contribution in [0.4, 0.5) is 4.39 Å². The zero-order chi connectivity index (χ0) is 13.8. The Morgan fingerprint density at radius 1 is 1.37 bits per heavy atom. The van der Waals surface area contributed by atoms with Gasteiger partial charge in [0, 0.05) is 18.7 Å². The third-order valence-corrected chi connectivity index (χ3v) is 4.59. The Kier molecular flexibility index (Phi) is 2.52. The molecule has 1 amide bonds. The number of rotatable bonds is 2. The predicted molar refractivity (Wildman–Crippen MR) is 69.1 cm³/mol. The van der Waals surface area contributed by atoms with Crippen molar-refractivity contribution >= 4 is 5.91 Å². The number of carbonyl (C=O) groups excluding carboxylic acids is 1. The zero-order valence-corrected chi connectivity index (χ0v) is 11.2. The van der Waals surface area contributed by atoms with Crippen molar-refractivity contribution in [3.63, 3.8) is 0 Å². The maximum absolute atomic E-state index is 14.1. The molecule has 1 aromatic carbocycles. The fraction of sp³-hybridized carbons (Fsp3) is 0.533. The van der Waals surface area contributed by atoms with Crippen molar-refractivity contribution in [2.45, 2.75) is 31.8 Å². The van der Waals surface area contributed by atoms with Gasteiger partial charge in [-0.25, -0.2) is 4.39 Å². The van der Waals surface area contributed by atoms with E-state index in [2.05, 4.69) is 0 Å². The highest BCUT2D eigenvalue weighted by Crippen LogP contribution is 2.65. The number of nitrogens with zero attached hydrogens (tertiary/aromatic N) is 1. The lowest BCUT2D eigenvalue weighted by Gasteiger charge is -2.39. The Balaban J connectivity index is 1.98. The second-order valence-electron chi connectivity index (χ2n) is 6.31. The molecule has 2 aliphatic rings. The van der Waals surface area contributed by atoms with Crippen LogP contribution in [0.3, 0.4) is 0 Å². The molecule has 0 spiro atoms. The number of aliphatic hydroxyl groups excluding tert-OH is 1. The van der Waals surface area contributed by atoms with Crippen molar-refractivity contribution in [2.75, 3.05) is 13.1 Å². The summed E-state index contributed by atoms with van der Waals surface area (Å²) >= 11 is 0. The van der Waals surface area contributed by atoms with E-state index in [1.54, 1.807) is 23.1 Å². The van der Waals surface area contributed by atoms with Crippen molar-refractivity contribution in [3.8, 4) is 0 Å². The van der Waals surface area contributed by atoms with Crippen LogP contribution in [0, 0.1) is 11.2 Å². The first-order valence-corrected chi connectivity index (χ1v) is 6.61. The molecule has 4 heteroatoms. The third kappa shape index (κ3) is 1.62. The van der Waals surface area contributed by atoms with Crippen molar-refractivity contribution in [2.24, 2.45) is 5.41 Å². The van der Waals surface area contributed by atoms with Gasteiger partial charge < -0.3 is 10.0 Å². The molecule has 1 saturated heterocycles. The summed E-state index contributed by atoms with van der Waals surface area (Å²) in [5.41, 5.74) is -0.489. The molecule has 2 fully saturated rings. The highest BCUT2D eigenvalue weighted by atomic mass is 19.1. The van der Waals surface area contributed by atoms with Crippen molar-refractivity contribution in [3.05, 3.63) is 35.6 Å². The minimum absolute atomic E-state index is 0.0482. The molecule has 1 aliphatic heterocycles. The minimum Gasteiger partial charge on any atom is -0.389 e. The lowest BCUT2D eigenvalue weighted by molar-refractivity contribution is -0.145. The first-order valence-electron chi connectivity index (χ1n) is 6.61. The summed E-state index contributed by atoms with van der Waals surface area (Å²) in [7, 11) is 0. The van der Waals surface area contributed by atoms with Crippen LogP contribution in [-0.4, -0.2) is 35.1 Å². The van der Waals surface area contributed by atoms with Crippen LogP contribution >= 0.6 is 0 Å². The van der Waals surface area contributed by atoms with E-state index >= 15 is 0 Å². The number of carbonyl (C=O) groups is 1. The summed E-state index contributed by atoms with van der Waals surface area (Å²) in [6.07, 6.45) is 0.232. The van der Waals surface area contributed by atoms with Crippen LogP contribution in [0.25, 0.3) is 0 Å². The molecule has 0 aromatic heterocycles. The van der Waals surface area contributed by atoms with E-state index in [0.717, 1.165) is 0 Å². The maximum atomic E-state index is 14.1. The minimum atomic E-state index is -0.752. The Morgan fingerprint density at radius 2 is 1.95 bits per heavy atom. The van der Waals surface area contributed by atoms with Crippen LogP contribution in [0.1, 0.15) is 25.8 Å². The Bertz CT molecular complexity index is 537. The van der Waals surface area contributed by atoms with Crippen LogP contribution in [0.15, 0.2) is 24.3 Å². The van der Waals surface area contributed by atoms with Gasteiger partial charge in [-0.3, -0.25) is 4.79 Å². The first-order chi connectivity index (χ1) is 8.88. The molecule has 1 saturated carbocycles. The maximum Gasteiger partial charge on any atom is 0.234 e. The molecule has 0 bridgehead atoms. The average molecular weight is 263 g/mol. The number of amides is 1. The summed E-state index contributed by atoms with van der Waals surface area (Å²) in [5, 5.41) is 9.34. The van der Waals surface area contributed by atoms with Gasteiger partial charge in [0.2, 0.25) is 5.91 Å². The van der Waals surface area contributed by atoms with Crippen molar-refractivity contribution < 1.29 is 14.3 Å². The fourth-order valence-electron chi connectivity index (χ4n) is 3.26. The molecule has 1 heterocycles. The Morgan fingerprint density at radius 3 is 2.42 bits per heavy atom. The van der Waals surface area contributed by atoms with E-state index in [0.29, 0.717) is 25.1 Å². The van der Waals surface area contributed by atoms with Gasteiger partial charge in [-0.15, -0.1) is 0 Å². The van der Waals surface area contributed by atoms with Gasteiger partial charge in [0.1, 0.15) is 5.82 Å². The SMILES string of the molecule is CC1(C)C[C@]1(C(=O)N1CC(O)C1)c1ccccc1F. The molecule has 1 atom stereocenters. The number of benzene rings is 1. The molecular formula is C15H18FNO2. The zero-order valence-electron chi connectivity index (χ0n) is 11.2. The molecule has 3 nitrogen and oxygen atoms in total. The van der Waals surface area contributed by atoms with Gasteiger partial charge in [0.25, 0.3) is 0 Å². The second-order valence-corrected chi connectivity index (χ2v) is 6.31. The summed E-state index contributed by atoms with van der Waals surface area (Å²) in [5.74, 6) is -0.365. The highest BCUT2D eigenvalue weighted by Gasteiger charge is 2.69. The number of aliphatic hydroxyl groups is 1. The normalized spacial score (nSPS) is 28.9. The third-order valence-electron chi connectivity index (χ3n) is 4.59. The molecule has 1 aromatic rings. The van der Waals surface area contributed by atoms with Gasteiger partial charge in [0.15, 0.2) is 0 Å². The number of halogens is 1.